The van der Waals surface area contributed by atoms with Crippen LogP contribution in [-0.4, -0.2) is 30.2 Å². The van der Waals surface area contributed by atoms with Gasteiger partial charge in [0.05, 0.1) is 22.2 Å². The first-order chi connectivity index (χ1) is 15.3. The first-order valence-electron chi connectivity index (χ1n) is 9.63. The lowest BCUT2D eigenvalue weighted by Gasteiger charge is -2.12. The lowest BCUT2D eigenvalue weighted by Crippen LogP contribution is -2.10. The average Bonchev–Trinajstić information content (AvgIpc) is 3.19. The molecule has 3 rings (SSSR count). The van der Waals surface area contributed by atoms with Crippen molar-refractivity contribution in [3.8, 4) is 11.9 Å². The lowest BCUT2D eigenvalue weighted by atomic mass is 10.0. The van der Waals surface area contributed by atoms with Crippen LogP contribution in [0.25, 0.3) is 6.08 Å². The quantitative estimate of drug-likeness (QED) is 0.360. The Labute approximate surface area is 191 Å². The monoisotopic (exact) mass is 469 g/mol. The fraction of sp³-hybridized carbons (Fsp3) is 0.174. The number of carbonyl (C=O) groups excluding carboxylic acids is 1. The fourth-order valence-electron chi connectivity index (χ4n) is 3.13. The van der Waals surface area contributed by atoms with Crippen molar-refractivity contribution in [2.45, 2.75) is 25.0 Å². The molecule has 0 amide bonds. The van der Waals surface area contributed by atoms with Crippen LogP contribution in [0.4, 0.5) is 0 Å². The highest BCUT2D eigenvalue weighted by molar-refractivity contribution is 7.90. The SMILES string of the molecule is CCn1ncc(C(=O)c2ccc(S(C)(=O)=O)c(C=CC#N)c2Cl)c1OCc1ccccc1. The summed E-state index contributed by atoms with van der Waals surface area (Å²) in [5.74, 6) is -0.178. The summed E-state index contributed by atoms with van der Waals surface area (Å²) in [6.45, 7) is 2.59. The summed E-state index contributed by atoms with van der Waals surface area (Å²) in [5.41, 5.74) is 1.29. The number of hydrogen-bond acceptors (Lipinski definition) is 6. The number of halogens is 1. The molecule has 0 unspecified atom stereocenters. The van der Waals surface area contributed by atoms with Gasteiger partial charge in [0.1, 0.15) is 12.2 Å². The summed E-state index contributed by atoms with van der Waals surface area (Å²) in [7, 11) is -3.64. The Morgan fingerprint density at radius 2 is 1.94 bits per heavy atom. The van der Waals surface area contributed by atoms with Gasteiger partial charge in [-0.15, -0.1) is 0 Å². The van der Waals surface area contributed by atoms with Crippen molar-refractivity contribution in [2.24, 2.45) is 0 Å². The molecule has 0 saturated heterocycles. The second kappa shape index (κ2) is 9.81. The maximum atomic E-state index is 13.4. The molecule has 0 radical (unpaired) electrons. The predicted molar refractivity (Wildman–Crippen MR) is 121 cm³/mol. The van der Waals surface area contributed by atoms with Gasteiger partial charge in [-0.1, -0.05) is 41.9 Å². The number of ether oxygens (including phenoxy) is 1. The van der Waals surface area contributed by atoms with Crippen LogP contribution in [0.5, 0.6) is 5.88 Å². The molecule has 0 aliphatic heterocycles. The molecule has 0 N–H and O–H groups in total. The molecule has 3 aromatic rings. The van der Waals surface area contributed by atoms with Gasteiger partial charge in [-0.25, -0.2) is 13.1 Å². The normalized spacial score (nSPS) is 11.4. The number of rotatable bonds is 8. The molecule has 0 aliphatic carbocycles. The molecule has 0 fully saturated rings. The van der Waals surface area contributed by atoms with Gasteiger partial charge >= 0.3 is 0 Å². The van der Waals surface area contributed by atoms with E-state index in [0.29, 0.717) is 12.4 Å². The molecule has 0 bridgehead atoms. The molecule has 0 saturated carbocycles. The van der Waals surface area contributed by atoms with Gasteiger partial charge in [0.15, 0.2) is 9.84 Å². The van der Waals surface area contributed by atoms with Gasteiger partial charge in [-0.2, -0.15) is 10.4 Å². The van der Waals surface area contributed by atoms with Gasteiger partial charge in [0, 0.05) is 30.0 Å². The number of sulfone groups is 1. The summed E-state index contributed by atoms with van der Waals surface area (Å²) >= 11 is 6.45. The zero-order chi connectivity index (χ0) is 23.3. The number of nitriles is 1. The number of benzene rings is 2. The Kier molecular flexibility index (Phi) is 7.13. The van der Waals surface area contributed by atoms with Crippen LogP contribution in [0, 0.1) is 11.3 Å². The predicted octanol–water partition coefficient (Wildman–Crippen LogP) is 4.31. The molecule has 0 spiro atoms. The smallest absolute Gasteiger partial charge is 0.223 e. The molecule has 1 aromatic heterocycles. The minimum atomic E-state index is -3.64. The average molecular weight is 470 g/mol. The second-order valence-electron chi connectivity index (χ2n) is 6.86. The highest BCUT2D eigenvalue weighted by Gasteiger charge is 2.25. The van der Waals surface area contributed by atoms with Crippen LogP contribution in [0.15, 0.2) is 59.6 Å². The van der Waals surface area contributed by atoms with Crippen LogP contribution in [0.2, 0.25) is 5.02 Å². The van der Waals surface area contributed by atoms with Crippen LogP contribution in [0.1, 0.15) is 34.0 Å². The number of allylic oxidation sites excluding steroid dienone is 1. The van der Waals surface area contributed by atoms with E-state index in [0.717, 1.165) is 17.9 Å². The largest absolute Gasteiger partial charge is 0.472 e. The van der Waals surface area contributed by atoms with Crippen molar-refractivity contribution in [3.63, 3.8) is 0 Å². The number of aromatic nitrogens is 2. The van der Waals surface area contributed by atoms with E-state index < -0.39 is 15.6 Å². The third kappa shape index (κ3) is 4.90. The number of hydrogen-bond donors (Lipinski definition) is 0. The third-order valence-electron chi connectivity index (χ3n) is 4.66. The summed E-state index contributed by atoms with van der Waals surface area (Å²) in [4.78, 5) is 13.3. The first-order valence-corrected chi connectivity index (χ1v) is 11.9. The molecule has 0 atom stereocenters. The minimum Gasteiger partial charge on any atom is -0.472 e. The van der Waals surface area contributed by atoms with Crippen molar-refractivity contribution < 1.29 is 17.9 Å². The topological polar surface area (TPSA) is 102 Å². The number of nitrogens with zero attached hydrogens (tertiary/aromatic N) is 3. The summed E-state index contributed by atoms with van der Waals surface area (Å²) in [6, 6.07) is 14.0. The maximum absolute atomic E-state index is 13.4. The highest BCUT2D eigenvalue weighted by Crippen LogP contribution is 2.32. The van der Waals surface area contributed by atoms with Crippen molar-refractivity contribution in [2.75, 3.05) is 6.26 Å². The van der Waals surface area contributed by atoms with Gasteiger partial charge in [0.25, 0.3) is 0 Å². The van der Waals surface area contributed by atoms with E-state index in [2.05, 4.69) is 5.10 Å². The van der Waals surface area contributed by atoms with Gasteiger partial charge in [-0.05, 0) is 30.7 Å². The van der Waals surface area contributed by atoms with Gasteiger partial charge in [0.2, 0.25) is 11.7 Å². The van der Waals surface area contributed by atoms with E-state index in [4.69, 9.17) is 21.6 Å². The summed E-state index contributed by atoms with van der Waals surface area (Å²) < 4.78 is 31.8. The Bertz CT molecular complexity index is 1320. The second-order valence-corrected chi connectivity index (χ2v) is 9.22. The van der Waals surface area contributed by atoms with E-state index >= 15 is 0 Å². The van der Waals surface area contributed by atoms with Gasteiger partial charge in [-0.3, -0.25) is 4.79 Å². The number of ketones is 1. The Hall–Kier alpha value is -3.41. The zero-order valence-electron chi connectivity index (χ0n) is 17.4. The fourth-order valence-corrected chi connectivity index (χ4v) is 4.38. The van der Waals surface area contributed by atoms with E-state index in [1.54, 1.807) is 10.8 Å². The molecule has 1 heterocycles. The first kappa shape index (κ1) is 23.3. The molecule has 32 heavy (non-hydrogen) atoms. The zero-order valence-corrected chi connectivity index (χ0v) is 19.0. The highest BCUT2D eigenvalue weighted by atomic mass is 35.5. The third-order valence-corrected chi connectivity index (χ3v) is 6.22. The number of carbonyl (C=O) groups is 1. The Morgan fingerprint density at radius 3 is 2.56 bits per heavy atom. The van der Waals surface area contributed by atoms with Crippen LogP contribution in [-0.2, 0) is 23.0 Å². The van der Waals surface area contributed by atoms with E-state index in [-0.39, 0.29) is 33.2 Å². The molecule has 164 valence electrons. The van der Waals surface area contributed by atoms with Crippen molar-refractivity contribution in [1.29, 1.82) is 5.26 Å². The Morgan fingerprint density at radius 1 is 1.22 bits per heavy atom. The van der Waals surface area contributed by atoms with Crippen LogP contribution in [0.3, 0.4) is 0 Å². The van der Waals surface area contributed by atoms with Crippen molar-refractivity contribution >= 4 is 33.3 Å². The molecule has 0 aliphatic rings. The molecule has 2 aromatic carbocycles. The van der Waals surface area contributed by atoms with Crippen molar-refractivity contribution in [3.05, 3.63) is 82.0 Å². The van der Waals surface area contributed by atoms with Crippen molar-refractivity contribution in [1.82, 2.24) is 9.78 Å². The van der Waals surface area contributed by atoms with Crippen LogP contribution < -0.4 is 4.74 Å². The van der Waals surface area contributed by atoms with E-state index in [1.807, 2.05) is 37.3 Å². The van der Waals surface area contributed by atoms with Crippen LogP contribution >= 0.6 is 11.6 Å². The standard InChI is InChI=1S/C23H20ClN3O4S/c1-3-27-23(31-15-16-8-5-4-6-9-16)19(14-26-27)22(28)18-11-12-20(32(2,29)30)17(21(18)24)10-7-13-25/h4-12,14H,3,15H2,1-2H3. The van der Waals surface area contributed by atoms with E-state index in [9.17, 15) is 13.2 Å². The maximum Gasteiger partial charge on any atom is 0.223 e. The Balaban J connectivity index is 2.05. The molecule has 9 heteroatoms. The lowest BCUT2D eigenvalue weighted by molar-refractivity contribution is 0.103. The molecular formula is C23H20ClN3O4S. The molecule has 7 nitrogen and oxygen atoms in total. The number of aryl methyl sites for hydroxylation is 1. The summed E-state index contributed by atoms with van der Waals surface area (Å²) in [6.07, 6.45) is 4.81. The van der Waals surface area contributed by atoms with Gasteiger partial charge < -0.3 is 4.74 Å². The minimum absolute atomic E-state index is 0.0670. The summed E-state index contributed by atoms with van der Waals surface area (Å²) in [5, 5.41) is 13.0. The molecular weight excluding hydrogens is 450 g/mol. The van der Waals surface area contributed by atoms with E-state index in [1.165, 1.54) is 24.4 Å².